The van der Waals surface area contributed by atoms with Crippen LogP contribution >= 0.6 is 15.9 Å². The van der Waals surface area contributed by atoms with Crippen molar-refractivity contribution < 1.29 is 4.42 Å². The fourth-order valence-corrected chi connectivity index (χ4v) is 2.95. The number of guanidine groups is 1. The zero-order valence-electron chi connectivity index (χ0n) is 15.9. The Morgan fingerprint density at radius 2 is 2.16 bits per heavy atom. The van der Waals surface area contributed by atoms with E-state index in [1.807, 2.05) is 20.3 Å². The van der Waals surface area contributed by atoms with Crippen molar-refractivity contribution in [2.24, 2.45) is 12.0 Å². The van der Waals surface area contributed by atoms with Crippen molar-refractivity contribution in [2.75, 3.05) is 13.6 Å². The minimum Gasteiger partial charge on any atom is -0.443 e. The first-order valence-corrected chi connectivity index (χ1v) is 9.25. The van der Waals surface area contributed by atoms with E-state index in [9.17, 15) is 0 Å². The molecule has 0 aromatic carbocycles. The first-order valence-electron chi connectivity index (χ1n) is 8.46. The molecule has 2 rings (SSSR count). The van der Waals surface area contributed by atoms with Crippen LogP contribution in [0.2, 0.25) is 0 Å². The largest absolute Gasteiger partial charge is 0.443 e. The molecule has 138 valence electrons. The Kier molecular flexibility index (Phi) is 6.32. The zero-order valence-corrected chi connectivity index (χ0v) is 17.5. The van der Waals surface area contributed by atoms with Crippen molar-refractivity contribution in [1.82, 2.24) is 19.8 Å². The minimum absolute atomic E-state index is 0.0455. The summed E-state index contributed by atoms with van der Waals surface area (Å²) in [5.74, 6) is 2.34. The van der Waals surface area contributed by atoms with Crippen LogP contribution in [0, 0.1) is 0 Å². The van der Waals surface area contributed by atoms with Gasteiger partial charge in [-0.1, -0.05) is 20.8 Å². The fourth-order valence-electron chi connectivity index (χ4n) is 2.38. The average Bonchev–Trinajstić information content (AvgIpc) is 3.10. The third-order valence-corrected chi connectivity index (χ3v) is 4.26. The number of aromatic nitrogens is 2. The van der Waals surface area contributed by atoms with Crippen LogP contribution in [0.5, 0.6) is 0 Å². The number of aliphatic imine (C=N–C) groups is 1. The van der Waals surface area contributed by atoms with Crippen LogP contribution in [0.1, 0.15) is 45.0 Å². The lowest BCUT2D eigenvalue weighted by molar-refractivity contribution is 0.382. The Morgan fingerprint density at radius 3 is 2.68 bits per heavy atom. The van der Waals surface area contributed by atoms with Crippen molar-refractivity contribution in [3.05, 3.63) is 40.3 Å². The van der Waals surface area contributed by atoms with Crippen molar-refractivity contribution in [3.8, 4) is 0 Å². The summed E-state index contributed by atoms with van der Waals surface area (Å²) in [4.78, 5) is 11.1. The summed E-state index contributed by atoms with van der Waals surface area (Å²) in [6.45, 7) is 10.4. The molecule has 7 heteroatoms. The zero-order chi connectivity index (χ0) is 18.6. The second-order valence-corrected chi connectivity index (χ2v) is 8.07. The van der Waals surface area contributed by atoms with Gasteiger partial charge in [-0.05, 0) is 28.9 Å². The van der Waals surface area contributed by atoms with Crippen LogP contribution in [-0.2, 0) is 25.6 Å². The van der Waals surface area contributed by atoms with E-state index in [-0.39, 0.29) is 5.41 Å². The van der Waals surface area contributed by atoms with Gasteiger partial charge < -0.3 is 19.2 Å². The van der Waals surface area contributed by atoms with Crippen molar-refractivity contribution in [3.63, 3.8) is 0 Å². The molecule has 2 aromatic heterocycles. The summed E-state index contributed by atoms with van der Waals surface area (Å²) in [6, 6.07) is 2.11. The third-order valence-electron chi connectivity index (χ3n) is 3.83. The maximum atomic E-state index is 5.82. The number of nitrogens with one attached hydrogen (secondary N) is 1. The lowest BCUT2D eigenvalue weighted by Gasteiger charge is -2.22. The molecule has 0 spiro atoms. The molecule has 0 fully saturated rings. The Balaban J connectivity index is 2.09. The summed E-state index contributed by atoms with van der Waals surface area (Å²) < 4.78 is 9.01. The summed E-state index contributed by atoms with van der Waals surface area (Å²) in [7, 11) is 4.07. The highest BCUT2D eigenvalue weighted by Crippen LogP contribution is 2.22. The van der Waals surface area contributed by atoms with Crippen molar-refractivity contribution in [2.45, 2.75) is 46.2 Å². The number of halogens is 1. The number of hydrogen-bond acceptors (Lipinski definition) is 3. The van der Waals surface area contributed by atoms with Gasteiger partial charge in [0.05, 0.1) is 12.7 Å². The average molecular weight is 410 g/mol. The van der Waals surface area contributed by atoms with Gasteiger partial charge in [0.15, 0.2) is 5.96 Å². The van der Waals surface area contributed by atoms with Gasteiger partial charge in [0.1, 0.15) is 12.3 Å². The third kappa shape index (κ3) is 5.36. The van der Waals surface area contributed by atoms with Gasteiger partial charge in [-0.15, -0.1) is 0 Å². The van der Waals surface area contributed by atoms with E-state index in [4.69, 9.17) is 4.42 Å². The van der Waals surface area contributed by atoms with Gasteiger partial charge in [0.2, 0.25) is 5.89 Å². The predicted octanol–water partition coefficient (Wildman–Crippen LogP) is 3.67. The maximum absolute atomic E-state index is 5.82. The predicted molar refractivity (Wildman–Crippen MR) is 105 cm³/mol. The molecule has 0 bridgehead atoms. The monoisotopic (exact) mass is 409 g/mol. The fraction of sp³-hybridized carbons (Fsp3) is 0.556. The first-order chi connectivity index (χ1) is 11.7. The van der Waals surface area contributed by atoms with Crippen molar-refractivity contribution >= 4 is 21.9 Å². The van der Waals surface area contributed by atoms with Crippen molar-refractivity contribution in [1.29, 1.82) is 0 Å². The molecule has 2 aromatic rings. The van der Waals surface area contributed by atoms with Gasteiger partial charge >= 0.3 is 0 Å². The van der Waals surface area contributed by atoms with E-state index < -0.39 is 0 Å². The molecule has 25 heavy (non-hydrogen) atoms. The van der Waals surface area contributed by atoms with E-state index >= 15 is 0 Å². The summed E-state index contributed by atoms with van der Waals surface area (Å²) >= 11 is 3.51. The lowest BCUT2D eigenvalue weighted by atomic mass is 9.94. The van der Waals surface area contributed by atoms with Gasteiger partial charge in [0.25, 0.3) is 0 Å². The molecule has 0 unspecified atom stereocenters. The van der Waals surface area contributed by atoms with E-state index in [1.54, 1.807) is 6.20 Å². The van der Waals surface area contributed by atoms with Gasteiger partial charge in [0, 0.05) is 42.4 Å². The Labute approximate surface area is 158 Å². The molecule has 0 saturated carbocycles. The molecular weight excluding hydrogens is 382 g/mol. The quantitative estimate of drug-likeness (QED) is 0.604. The Morgan fingerprint density at radius 1 is 1.44 bits per heavy atom. The van der Waals surface area contributed by atoms with Crippen LogP contribution in [0.25, 0.3) is 0 Å². The topological polar surface area (TPSA) is 58.6 Å². The molecule has 1 N–H and O–H groups in total. The van der Waals surface area contributed by atoms with Gasteiger partial charge in [-0.2, -0.15) is 0 Å². The van der Waals surface area contributed by atoms with Gasteiger partial charge in [-0.25, -0.2) is 9.98 Å². The second kappa shape index (κ2) is 8.08. The smallest absolute Gasteiger partial charge is 0.216 e. The van der Waals surface area contributed by atoms with E-state index in [0.717, 1.165) is 29.3 Å². The van der Waals surface area contributed by atoms with E-state index in [1.165, 1.54) is 5.69 Å². The standard InChI is InChI=1S/C18H28BrN5O/c1-7-20-17(24(6)12-14-8-13(19)11-23(14)5)22-10-16-21-9-15(25-16)18(2,3)4/h8-9,11H,7,10,12H2,1-6H3,(H,20,22). The molecule has 0 atom stereocenters. The Hall–Kier alpha value is -1.76. The van der Waals surface area contributed by atoms with Gasteiger partial charge in [-0.3, -0.25) is 0 Å². The SMILES string of the molecule is CCNC(=NCc1ncc(C(C)(C)C)o1)N(C)Cc1cc(Br)cn1C. The summed E-state index contributed by atoms with van der Waals surface area (Å²) in [5, 5.41) is 3.32. The number of hydrogen-bond donors (Lipinski definition) is 1. The molecule has 2 heterocycles. The van der Waals surface area contributed by atoms with Crippen LogP contribution in [0.3, 0.4) is 0 Å². The minimum atomic E-state index is -0.0455. The summed E-state index contributed by atoms with van der Waals surface area (Å²) in [6.07, 6.45) is 3.84. The second-order valence-electron chi connectivity index (χ2n) is 7.16. The number of oxazole rings is 1. The molecule has 6 nitrogen and oxygen atoms in total. The number of aryl methyl sites for hydroxylation is 1. The summed E-state index contributed by atoms with van der Waals surface area (Å²) in [5.41, 5.74) is 1.15. The lowest BCUT2D eigenvalue weighted by Crippen LogP contribution is -2.38. The number of nitrogens with zero attached hydrogens (tertiary/aromatic N) is 4. The maximum Gasteiger partial charge on any atom is 0.216 e. The molecule has 0 aliphatic heterocycles. The molecule has 0 saturated heterocycles. The molecule has 0 radical (unpaired) electrons. The molecule has 0 amide bonds. The molecule has 0 aliphatic carbocycles. The molecular formula is C18H28BrN5O. The normalized spacial score (nSPS) is 12.5. The highest BCUT2D eigenvalue weighted by atomic mass is 79.9. The van der Waals surface area contributed by atoms with E-state index in [0.29, 0.717) is 12.4 Å². The van der Waals surface area contributed by atoms with Crippen LogP contribution in [0.15, 0.2) is 32.3 Å². The van der Waals surface area contributed by atoms with Crippen LogP contribution < -0.4 is 5.32 Å². The first kappa shape index (κ1) is 19.6. The van der Waals surface area contributed by atoms with Crippen LogP contribution in [-0.4, -0.2) is 34.0 Å². The van der Waals surface area contributed by atoms with E-state index in [2.05, 4.69) is 74.5 Å². The highest BCUT2D eigenvalue weighted by molar-refractivity contribution is 9.10. The number of rotatable bonds is 5. The highest BCUT2D eigenvalue weighted by Gasteiger charge is 2.19. The van der Waals surface area contributed by atoms with Crippen LogP contribution in [0.4, 0.5) is 0 Å². The molecule has 0 aliphatic rings. The Bertz CT molecular complexity index is 726.